The maximum absolute atomic E-state index is 13.0. The SMILES string of the molecule is O=C(C1CCNCC1)N1CCN(CCCCCCSc2ccnc3cc(C(F)(F)F)ccc23)CC1. The van der Waals surface area contributed by atoms with Crippen LogP contribution in [0.25, 0.3) is 10.9 Å². The van der Waals surface area contributed by atoms with E-state index in [1.165, 1.54) is 12.5 Å². The number of pyridine rings is 1. The molecule has 1 amide bonds. The minimum atomic E-state index is -4.35. The topological polar surface area (TPSA) is 48.5 Å². The maximum Gasteiger partial charge on any atom is 0.416 e. The van der Waals surface area contributed by atoms with Gasteiger partial charge in [0.2, 0.25) is 5.91 Å². The predicted molar refractivity (Wildman–Crippen MR) is 135 cm³/mol. The third-order valence-electron chi connectivity index (χ3n) is 7.03. The van der Waals surface area contributed by atoms with E-state index in [0.29, 0.717) is 11.4 Å². The number of benzene rings is 1. The molecule has 0 spiro atoms. The van der Waals surface area contributed by atoms with Gasteiger partial charge in [-0.05, 0) is 69.3 Å². The van der Waals surface area contributed by atoms with E-state index in [0.717, 1.165) is 106 Å². The Morgan fingerprint density at radius 3 is 2.51 bits per heavy atom. The fourth-order valence-electron chi connectivity index (χ4n) is 4.92. The monoisotopic (exact) mass is 508 g/mol. The lowest BCUT2D eigenvalue weighted by atomic mass is 9.96. The molecule has 0 saturated carbocycles. The summed E-state index contributed by atoms with van der Waals surface area (Å²) < 4.78 is 38.9. The summed E-state index contributed by atoms with van der Waals surface area (Å²) in [5.74, 6) is 1.51. The highest BCUT2D eigenvalue weighted by atomic mass is 32.2. The highest BCUT2D eigenvalue weighted by Gasteiger charge is 2.31. The normalized spacial score (nSPS) is 18.3. The molecule has 2 fully saturated rings. The molecule has 2 aliphatic heterocycles. The number of amides is 1. The van der Waals surface area contributed by atoms with Crippen molar-refractivity contribution < 1.29 is 18.0 Å². The number of nitrogens with zero attached hydrogens (tertiary/aromatic N) is 3. The Labute approximate surface area is 209 Å². The quantitative estimate of drug-likeness (QED) is 0.380. The van der Waals surface area contributed by atoms with E-state index in [-0.39, 0.29) is 5.92 Å². The molecule has 0 unspecified atom stereocenters. The number of hydrogen-bond donors (Lipinski definition) is 1. The molecule has 1 aromatic heterocycles. The van der Waals surface area contributed by atoms with Gasteiger partial charge < -0.3 is 10.2 Å². The van der Waals surface area contributed by atoms with E-state index < -0.39 is 11.7 Å². The Bertz CT molecular complexity index is 973. The number of fused-ring (bicyclic) bond motifs is 1. The Kier molecular flexibility index (Phi) is 9.30. The van der Waals surface area contributed by atoms with Gasteiger partial charge in [-0.25, -0.2) is 0 Å². The van der Waals surface area contributed by atoms with E-state index >= 15 is 0 Å². The van der Waals surface area contributed by atoms with Crippen LogP contribution in [0.3, 0.4) is 0 Å². The smallest absolute Gasteiger partial charge is 0.340 e. The molecule has 2 aromatic rings. The summed E-state index contributed by atoms with van der Waals surface area (Å²) in [6, 6.07) is 5.68. The standard InChI is InChI=1S/C26H35F3N4OS/c27-26(28,29)21-5-6-22-23(19-21)31-12-9-24(22)35-18-4-2-1-3-13-32-14-16-33(17-15-32)25(34)20-7-10-30-11-8-20/h5-6,9,12,19-20,30H,1-4,7-8,10-11,13-18H2. The van der Waals surface area contributed by atoms with E-state index in [2.05, 4.69) is 20.1 Å². The van der Waals surface area contributed by atoms with Crippen LogP contribution in [0.5, 0.6) is 0 Å². The molecule has 0 radical (unpaired) electrons. The summed E-state index contributed by atoms with van der Waals surface area (Å²) in [5.41, 5.74) is -0.267. The van der Waals surface area contributed by atoms with Crippen LogP contribution in [-0.4, -0.2) is 72.3 Å². The van der Waals surface area contributed by atoms with Gasteiger partial charge in [0, 0.05) is 48.6 Å². The van der Waals surface area contributed by atoms with Crippen LogP contribution >= 0.6 is 11.8 Å². The minimum absolute atomic E-state index is 0.211. The van der Waals surface area contributed by atoms with Crippen molar-refractivity contribution in [2.24, 2.45) is 5.92 Å². The van der Waals surface area contributed by atoms with Gasteiger partial charge in [0.25, 0.3) is 0 Å². The number of carbonyl (C=O) groups excluding carboxylic acids is 1. The maximum atomic E-state index is 13.0. The summed E-state index contributed by atoms with van der Waals surface area (Å²) in [6.07, 6.45) is 3.71. The summed E-state index contributed by atoms with van der Waals surface area (Å²) in [4.78, 5) is 22.3. The molecule has 2 aliphatic rings. The predicted octanol–water partition coefficient (Wildman–Crippen LogP) is 5.05. The molecule has 0 aliphatic carbocycles. The fraction of sp³-hybridized carbons (Fsp3) is 0.615. The lowest BCUT2D eigenvalue weighted by molar-refractivity contribution is -0.138. The highest BCUT2D eigenvalue weighted by molar-refractivity contribution is 7.99. The van der Waals surface area contributed by atoms with E-state index in [1.807, 2.05) is 6.07 Å². The number of halogens is 3. The van der Waals surface area contributed by atoms with Gasteiger partial charge in [-0.15, -0.1) is 11.8 Å². The molecule has 2 saturated heterocycles. The van der Waals surface area contributed by atoms with Crippen LogP contribution in [0.2, 0.25) is 0 Å². The number of piperazine rings is 1. The van der Waals surface area contributed by atoms with Gasteiger partial charge in [0.15, 0.2) is 0 Å². The molecular weight excluding hydrogens is 473 g/mol. The number of rotatable bonds is 9. The zero-order valence-corrected chi connectivity index (χ0v) is 21.0. The van der Waals surface area contributed by atoms with Crippen molar-refractivity contribution in [3.8, 4) is 0 Å². The molecular formula is C26H35F3N4OS. The van der Waals surface area contributed by atoms with Gasteiger partial charge in [-0.3, -0.25) is 14.7 Å². The number of carbonyl (C=O) groups is 1. The van der Waals surface area contributed by atoms with Crippen molar-refractivity contribution >= 4 is 28.6 Å². The van der Waals surface area contributed by atoms with Crippen LogP contribution < -0.4 is 5.32 Å². The summed E-state index contributed by atoms with van der Waals surface area (Å²) >= 11 is 1.69. The largest absolute Gasteiger partial charge is 0.416 e. The second-order valence-electron chi connectivity index (χ2n) is 9.49. The number of hydrogen-bond acceptors (Lipinski definition) is 5. The van der Waals surface area contributed by atoms with Gasteiger partial charge in [-0.1, -0.05) is 18.9 Å². The highest BCUT2D eigenvalue weighted by Crippen LogP contribution is 2.34. The number of thioether (sulfide) groups is 1. The summed E-state index contributed by atoms with van der Waals surface area (Å²) in [6.45, 7) is 6.63. The van der Waals surface area contributed by atoms with E-state index in [9.17, 15) is 18.0 Å². The molecule has 4 rings (SSSR count). The molecule has 3 heterocycles. The van der Waals surface area contributed by atoms with Crippen LogP contribution in [0, 0.1) is 5.92 Å². The number of piperidine rings is 1. The van der Waals surface area contributed by atoms with Crippen LogP contribution in [0.1, 0.15) is 44.1 Å². The Balaban J connectivity index is 1.10. The Hall–Kier alpha value is -1.84. The van der Waals surface area contributed by atoms with Gasteiger partial charge in [0.05, 0.1) is 11.1 Å². The Morgan fingerprint density at radius 2 is 1.77 bits per heavy atom. The first-order valence-electron chi connectivity index (χ1n) is 12.7. The van der Waals surface area contributed by atoms with Crippen molar-refractivity contribution in [1.82, 2.24) is 20.1 Å². The molecule has 5 nitrogen and oxygen atoms in total. The number of unbranched alkanes of at least 4 members (excludes halogenated alkanes) is 3. The van der Waals surface area contributed by atoms with E-state index in [4.69, 9.17) is 0 Å². The van der Waals surface area contributed by atoms with Crippen LogP contribution in [0.4, 0.5) is 13.2 Å². The third-order valence-corrected chi connectivity index (χ3v) is 8.19. The number of alkyl halides is 3. The van der Waals surface area contributed by atoms with Gasteiger partial charge >= 0.3 is 6.18 Å². The van der Waals surface area contributed by atoms with Crippen molar-refractivity contribution in [2.45, 2.75) is 49.6 Å². The lowest BCUT2D eigenvalue weighted by Gasteiger charge is -2.37. The van der Waals surface area contributed by atoms with Crippen LogP contribution in [0.15, 0.2) is 35.4 Å². The summed E-state index contributed by atoms with van der Waals surface area (Å²) in [7, 11) is 0. The minimum Gasteiger partial charge on any atom is -0.340 e. The van der Waals surface area contributed by atoms with Gasteiger partial charge in [0.1, 0.15) is 0 Å². The molecule has 1 N–H and O–H groups in total. The van der Waals surface area contributed by atoms with Gasteiger partial charge in [-0.2, -0.15) is 13.2 Å². The molecule has 35 heavy (non-hydrogen) atoms. The van der Waals surface area contributed by atoms with Crippen molar-refractivity contribution in [1.29, 1.82) is 0 Å². The molecule has 1 aromatic carbocycles. The first-order valence-corrected chi connectivity index (χ1v) is 13.7. The fourth-order valence-corrected chi connectivity index (χ4v) is 5.97. The third kappa shape index (κ3) is 7.33. The zero-order chi connectivity index (χ0) is 24.7. The molecule has 9 heteroatoms. The molecule has 0 atom stereocenters. The molecule has 0 bridgehead atoms. The number of aromatic nitrogens is 1. The second kappa shape index (κ2) is 12.4. The summed E-state index contributed by atoms with van der Waals surface area (Å²) in [5, 5.41) is 4.11. The van der Waals surface area contributed by atoms with Crippen molar-refractivity contribution in [3.05, 3.63) is 36.0 Å². The average molecular weight is 509 g/mol. The lowest BCUT2D eigenvalue weighted by Crippen LogP contribution is -2.51. The zero-order valence-electron chi connectivity index (χ0n) is 20.2. The van der Waals surface area contributed by atoms with E-state index in [1.54, 1.807) is 18.0 Å². The van der Waals surface area contributed by atoms with Crippen molar-refractivity contribution in [3.63, 3.8) is 0 Å². The first-order chi connectivity index (χ1) is 16.9. The van der Waals surface area contributed by atoms with Crippen LogP contribution in [-0.2, 0) is 11.0 Å². The number of nitrogens with one attached hydrogen (secondary N) is 1. The second-order valence-corrected chi connectivity index (χ2v) is 10.6. The van der Waals surface area contributed by atoms with Crippen molar-refractivity contribution in [2.75, 3.05) is 51.6 Å². The Morgan fingerprint density at radius 1 is 1.03 bits per heavy atom. The first kappa shape index (κ1) is 26.2. The molecule has 192 valence electrons. The average Bonchev–Trinajstić information content (AvgIpc) is 2.88.